The number of ether oxygens (including phenoxy) is 1. The normalized spacial score (nSPS) is 32.6. The minimum Gasteiger partial charge on any atom is -0.377 e. The van der Waals surface area contributed by atoms with Crippen LogP contribution in [0.25, 0.3) is 0 Å². The van der Waals surface area contributed by atoms with E-state index in [2.05, 4.69) is 31.0 Å². The molecule has 2 unspecified atom stereocenters. The summed E-state index contributed by atoms with van der Waals surface area (Å²) in [5.74, 6) is 0.738. The van der Waals surface area contributed by atoms with Crippen LogP contribution in [0.4, 0.5) is 0 Å². The van der Waals surface area contributed by atoms with Gasteiger partial charge >= 0.3 is 0 Å². The summed E-state index contributed by atoms with van der Waals surface area (Å²) in [6.45, 7) is 13.7. The van der Waals surface area contributed by atoms with E-state index < -0.39 is 0 Å². The standard InChI is InChI=1S/C14H28N2O/c1-14(2,3)12-4-5-13(17-11-12)10-16-8-6-15-7-9-16/h12-13,15H,4-11H2,1-3H3. The smallest absolute Gasteiger partial charge is 0.0702 e. The summed E-state index contributed by atoms with van der Waals surface area (Å²) in [6.07, 6.45) is 3.05. The Balaban J connectivity index is 1.71. The Morgan fingerprint density at radius 1 is 1.18 bits per heavy atom. The van der Waals surface area contributed by atoms with E-state index >= 15 is 0 Å². The van der Waals surface area contributed by atoms with E-state index in [1.807, 2.05) is 0 Å². The average Bonchev–Trinajstić information content (AvgIpc) is 2.30. The van der Waals surface area contributed by atoms with Gasteiger partial charge in [0, 0.05) is 32.7 Å². The van der Waals surface area contributed by atoms with Gasteiger partial charge in [-0.15, -0.1) is 0 Å². The van der Waals surface area contributed by atoms with Crippen LogP contribution in [0.15, 0.2) is 0 Å². The fourth-order valence-electron chi connectivity index (χ4n) is 2.81. The van der Waals surface area contributed by atoms with Crippen LogP contribution in [0.3, 0.4) is 0 Å². The minimum absolute atomic E-state index is 0.403. The van der Waals surface area contributed by atoms with Crippen molar-refractivity contribution < 1.29 is 4.74 Å². The van der Waals surface area contributed by atoms with E-state index in [0.29, 0.717) is 11.5 Å². The molecule has 0 aliphatic carbocycles. The average molecular weight is 240 g/mol. The molecule has 0 aromatic carbocycles. The van der Waals surface area contributed by atoms with Crippen molar-refractivity contribution in [2.45, 2.75) is 39.7 Å². The molecule has 0 spiro atoms. The molecule has 3 heteroatoms. The molecule has 3 nitrogen and oxygen atoms in total. The summed E-state index contributed by atoms with van der Waals surface area (Å²) in [7, 11) is 0. The van der Waals surface area contributed by atoms with Gasteiger partial charge in [0.1, 0.15) is 0 Å². The molecule has 2 atom stereocenters. The van der Waals surface area contributed by atoms with Crippen molar-refractivity contribution in [1.29, 1.82) is 0 Å². The molecule has 0 bridgehead atoms. The molecule has 17 heavy (non-hydrogen) atoms. The Labute approximate surface area is 106 Å². The molecule has 0 amide bonds. The van der Waals surface area contributed by atoms with Crippen molar-refractivity contribution in [2.24, 2.45) is 11.3 Å². The lowest BCUT2D eigenvalue weighted by Gasteiger charge is -2.39. The van der Waals surface area contributed by atoms with Crippen molar-refractivity contribution in [3.05, 3.63) is 0 Å². The van der Waals surface area contributed by atoms with Gasteiger partial charge in [0.15, 0.2) is 0 Å². The van der Waals surface area contributed by atoms with Crippen LogP contribution in [-0.2, 0) is 4.74 Å². The Morgan fingerprint density at radius 3 is 2.41 bits per heavy atom. The third-order valence-corrected chi connectivity index (χ3v) is 4.27. The largest absolute Gasteiger partial charge is 0.377 e. The summed E-state index contributed by atoms with van der Waals surface area (Å²) in [5, 5.41) is 3.40. The van der Waals surface area contributed by atoms with Gasteiger partial charge in [0.05, 0.1) is 12.7 Å². The third kappa shape index (κ3) is 3.94. The number of piperazine rings is 1. The highest BCUT2D eigenvalue weighted by atomic mass is 16.5. The predicted molar refractivity (Wildman–Crippen MR) is 71.2 cm³/mol. The van der Waals surface area contributed by atoms with E-state index in [9.17, 15) is 0 Å². The van der Waals surface area contributed by atoms with Crippen LogP contribution >= 0.6 is 0 Å². The van der Waals surface area contributed by atoms with Gasteiger partial charge in [0.25, 0.3) is 0 Å². The third-order valence-electron chi connectivity index (χ3n) is 4.27. The molecule has 2 rings (SSSR count). The molecule has 100 valence electrons. The molecule has 0 saturated carbocycles. The molecule has 2 aliphatic rings. The Morgan fingerprint density at radius 2 is 1.88 bits per heavy atom. The van der Waals surface area contributed by atoms with E-state index in [0.717, 1.165) is 32.2 Å². The zero-order valence-electron chi connectivity index (χ0n) is 11.7. The van der Waals surface area contributed by atoms with Crippen molar-refractivity contribution >= 4 is 0 Å². The van der Waals surface area contributed by atoms with Crippen LogP contribution in [0.5, 0.6) is 0 Å². The first-order chi connectivity index (χ1) is 8.05. The van der Waals surface area contributed by atoms with Gasteiger partial charge in [-0.3, -0.25) is 4.90 Å². The summed E-state index contributed by atoms with van der Waals surface area (Å²) in [4.78, 5) is 2.54. The van der Waals surface area contributed by atoms with Crippen molar-refractivity contribution in [3.8, 4) is 0 Å². The number of hydrogen-bond acceptors (Lipinski definition) is 3. The van der Waals surface area contributed by atoms with Crippen LogP contribution in [-0.4, -0.2) is 50.3 Å². The van der Waals surface area contributed by atoms with Crippen molar-refractivity contribution in [1.82, 2.24) is 10.2 Å². The maximum atomic E-state index is 6.06. The van der Waals surface area contributed by atoms with E-state index in [1.54, 1.807) is 0 Å². The van der Waals surface area contributed by atoms with Gasteiger partial charge in [-0.05, 0) is 24.2 Å². The van der Waals surface area contributed by atoms with Crippen LogP contribution in [0.2, 0.25) is 0 Å². The molecule has 2 saturated heterocycles. The highest BCUT2D eigenvalue weighted by Gasteiger charge is 2.31. The Bertz CT molecular complexity index is 223. The molecule has 2 fully saturated rings. The Kier molecular flexibility index (Phi) is 4.45. The number of hydrogen-bond donors (Lipinski definition) is 1. The van der Waals surface area contributed by atoms with Gasteiger partial charge in [-0.1, -0.05) is 20.8 Å². The van der Waals surface area contributed by atoms with Gasteiger partial charge in [-0.25, -0.2) is 0 Å². The summed E-state index contributed by atoms with van der Waals surface area (Å²) < 4.78 is 6.06. The minimum atomic E-state index is 0.403. The second-order valence-corrected chi connectivity index (χ2v) is 6.65. The Hall–Kier alpha value is -0.120. The number of rotatable bonds is 2. The molecule has 1 N–H and O–H groups in total. The first kappa shape index (κ1) is 13.3. The zero-order valence-corrected chi connectivity index (χ0v) is 11.7. The molecule has 0 aromatic heterocycles. The monoisotopic (exact) mass is 240 g/mol. The highest BCUT2D eigenvalue weighted by Crippen LogP contribution is 2.34. The lowest BCUT2D eigenvalue weighted by molar-refractivity contribution is -0.0589. The van der Waals surface area contributed by atoms with Crippen molar-refractivity contribution in [3.63, 3.8) is 0 Å². The second kappa shape index (κ2) is 5.68. The van der Waals surface area contributed by atoms with Crippen LogP contribution in [0.1, 0.15) is 33.6 Å². The topological polar surface area (TPSA) is 24.5 Å². The van der Waals surface area contributed by atoms with Gasteiger partial charge < -0.3 is 10.1 Å². The fourth-order valence-corrected chi connectivity index (χ4v) is 2.81. The first-order valence-corrected chi connectivity index (χ1v) is 7.10. The van der Waals surface area contributed by atoms with Gasteiger partial charge in [0.2, 0.25) is 0 Å². The lowest BCUT2D eigenvalue weighted by atomic mass is 9.77. The summed E-state index contributed by atoms with van der Waals surface area (Å²) >= 11 is 0. The molecular weight excluding hydrogens is 212 g/mol. The molecular formula is C14H28N2O. The highest BCUT2D eigenvalue weighted by molar-refractivity contribution is 4.81. The molecule has 0 radical (unpaired) electrons. The predicted octanol–water partition coefficient (Wildman–Crippen LogP) is 1.73. The number of nitrogens with one attached hydrogen (secondary N) is 1. The first-order valence-electron chi connectivity index (χ1n) is 7.10. The van der Waals surface area contributed by atoms with Gasteiger partial charge in [-0.2, -0.15) is 0 Å². The SMILES string of the molecule is CC(C)(C)C1CCC(CN2CCNCC2)OC1. The zero-order chi connectivity index (χ0) is 12.3. The van der Waals surface area contributed by atoms with Crippen molar-refractivity contribution in [2.75, 3.05) is 39.3 Å². The molecule has 0 aromatic rings. The summed E-state index contributed by atoms with van der Waals surface area (Å²) in [5.41, 5.74) is 0.403. The van der Waals surface area contributed by atoms with Crippen LogP contribution in [0, 0.1) is 11.3 Å². The second-order valence-electron chi connectivity index (χ2n) is 6.65. The molecule has 2 heterocycles. The maximum absolute atomic E-state index is 6.06. The van der Waals surface area contributed by atoms with Crippen LogP contribution < -0.4 is 5.32 Å². The van der Waals surface area contributed by atoms with E-state index in [1.165, 1.54) is 25.9 Å². The summed E-state index contributed by atoms with van der Waals surface area (Å²) in [6, 6.07) is 0. The van der Waals surface area contributed by atoms with E-state index in [4.69, 9.17) is 4.74 Å². The maximum Gasteiger partial charge on any atom is 0.0702 e. The van der Waals surface area contributed by atoms with E-state index in [-0.39, 0.29) is 0 Å². The number of nitrogens with zero attached hydrogens (tertiary/aromatic N) is 1. The lowest BCUT2D eigenvalue weighted by Crippen LogP contribution is -2.48. The quantitative estimate of drug-likeness (QED) is 0.795. The fraction of sp³-hybridized carbons (Fsp3) is 1.00. The molecule has 2 aliphatic heterocycles.